The zero-order chi connectivity index (χ0) is 22.5. The molecule has 2 aromatic rings. The van der Waals surface area contributed by atoms with Crippen molar-refractivity contribution >= 4 is 11.8 Å². The molecule has 0 radical (unpaired) electrons. The highest BCUT2D eigenvalue weighted by Gasteiger charge is 2.30. The molecule has 32 heavy (non-hydrogen) atoms. The van der Waals surface area contributed by atoms with Crippen LogP contribution in [0.3, 0.4) is 0 Å². The molecule has 0 atom stereocenters. The first-order valence-corrected chi connectivity index (χ1v) is 11.7. The van der Waals surface area contributed by atoms with Gasteiger partial charge in [-0.2, -0.15) is 0 Å². The van der Waals surface area contributed by atoms with Gasteiger partial charge in [-0.1, -0.05) is 31.4 Å². The van der Waals surface area contributed by atoms with Crippen molar-refractivity contribution in [2.75, 3.05) is 13.1 Å². The third-order valence-electron chi connectivity index (χ3n) is 6.74. The van der Waals surface area contributed by atoms with Crippen molar-refractivity contribution in [2.45, 2.75) is 64.3 Å². The Kier molecular flexibility index (Phi) is 7.12. The molecule has 0 unspecified atom stereocenters. The predicted molar refractivity (Wildman–Crippen MR) is 119 cm³/mol. The molecule has 6 nitrogen and oxygen atoms in total. The highest BCUT2D eigenvalue weighted by atomic mass is 19.1. The summed E-state index contributed by atoms with van der Waals surface area (Å²) in [5.41, 5.74) is 1.91. The van der Waals surface area contributed by atoms with Gasteiger partial charge in [0.25, 0.3) is 5.91 Å². The monoisotopic (exact) mass is 438 g/mol. The van der Waals surface area contributed by atoms with Crippen LogP contribution in [0.1, 0.15) is 78.3 Å². The van der Waals surface area contributed by atoms with Crippen LogP contribution in [0.25, 0.3) is 0 Å². The third kappa shape index (κ3) is 5.31. The van der Waals surface area contributed by atoms with Crippen molar-refractivity contribution in [2.24, 2.45) is 5.92 Å². The number of benzene rings is 1. The van der Waals surface area contributed by atoms with Gasteiger partial charge in [-0.25, -0.2) is 14.4 Å². The molecular formula is C25H31FN4O2. The number of nitrogens with zero attached hydrogens (tertiary/aromatic N) is 3. The van der Waals surface area contributed by atoms with Crippen molar-refractivity contribution in [3.8, 4) is 0 Å². The summed E-state index contributed by atoms with van der Waals surface area (Å²) in [4.78, 5) is 36.5. The molecule has 7 heteroatoms. The maximum atomic E-state index is 13.0. The Morgan fingerprint density at radius 3 is 2.41 bits per heavy atom. The number of piperidine rings is 1. The van der Waals surface area contributed by atoms with Crippen LogP contribution in [-0.2, 0) is 11.3 Å². The normalized spacial score (nSPS) is 17.9. The summed E-state index contributed by atoms with van der Waals surface area (Å²) in [5, 5.41) is 2.84. The molecule has 2 fully saturated rings. The van der Waals surface area contributed by atoms with Gasteiger partial charge in [0, 0.05) is 37.7 Å². The second-order valence-corrected chi connectivity index (χ2v) is 8.97. The Labute approximate surface area is 188 Å². The minimum Gasteiger partial charge on any atom is -0.348 e. The Hall–Kier alpha value is -2.83. The van der Waals surface area contributed by atoms with E-state index >= 15 is 0 Å². The number of amides is 2. The van der Waals surface area contributed by atoms with Crippen LogP contribution < -0.4 is 5.32 Å². The molecule has 1 saturated heterocycles. The number of carbonyl (C=O) groups excluding carboxylic acids is 2. The van der Waals surface area contributed by atoms with Gasteiger partial charge in [-0.05, 0) is 50.3 Å². The zero-order valence-electron chi connectivity index (χ0n) is 18.6. The van der Waals surface area contributed by atoms with Gasteiger partial charge in [0.1, 0.15) is 11.6 Å². The largest absolute Gasteiger partial charge is 0.348 e. The fourth-order valence-corrected chi connectivity index (χ4v) is 4.75. The van der Waals surface area contributed by atoms with Crippen LogP contribution in [0.15, 0.2) is 30.5 Å². The lowest BCUT2D eigenvalue weighted by Gasteiger charge is -2.34. The van der Waals surface area contributed by atoms with Gasteiger partial charge in [0.2, 0.25) is 5.91 Å². The number of nitrogens with one attached hydrogen (secondary N) is 1. The summed E-state index contributed by atoms with van der Waals surface area (Å²) in [5.74, 6) is 0.957. The number of aryl methyl sites for hydroxylation is 1. The van der Waals surface area contributed by atoms with Crippen LogP contribution >= 0.6 is 0 Å². The zero-order valence-corrected chi connectivity index (χ0v) is 18.6. The number of likely N-dealkylation sites (tertiary alicyclic amines) is 1. The summed E-state index contributed by atoms with van der Waals surface area (Å²) in [6, 6.07) is 6.04. The molecule has 2 heterocycles. The van der Waals surface area contributed by atoms with Gasteiger partial charge in [-0.3, -0.25) is 9.59 Å². The van der Waals surface area contributed by atoms with Crippen molar-refractivity contribution in [1.29, 1.82) is 0 Å². The minimum atomic E-state index is -0.302. The van der Waals surface area contributed by atoms with Crippen LogP contribution in [0, 0.1) is 18.7 Å². The molecule has 1 aliphatic heterocycles. The highest BCUT2D eigenvalue weighted by Crippen LogP contribution is 2.30. The number of carbonyl (C=O) groups is 2. The summed E-state index contributed by atoms with van der Waals surface area (Å²) in [6.07, 6.45) is 8.97. The molecule has 1 aliphatic carbocycles. The highest BCUT2D eigenvalue weighted by molar-refractivity contribution is 5.94. The van der Waals surface area contributed by atoms with Gasteiger partial charge in [-0.15, -0.1) is 0 Å². The Balaban J connectivity index is 1.31. The standard InChI is InChI=1S/C25H31FN4O2/c1-17-22(24(31)28-15-18-7-9-21(26)10-8-18)16-27-23(29-17)19-11-13-30(14-12-19)25(32)20-5-3-2-4-6-20/h7-10,16,19-20H,2-6,11-15H2,1H3,(H,28,31). The topological polar surface area (TPSA) is 75.2 Å². The van der Waals surface area contributed by atoms with Crippen molar-refractivity contribution in [3.05, 3.63) is 58.9 Å². The van der Waals surface area contributed by atoms with E-state index in [1.165, 1.54) is 31.4 Å². The first kappa shape index (κ1) is 22.4. The van der Waals surface area contributed by atoms with E-state index in [2.05, 4.69) is 15.3 Å². The smallest absolute Gasteiger partial charge is 0.254 e. The van der Waals surface area contributed by atoms with Crippen LogP contribution in [-0.4, -0.2) is 39.8 Å². The number of hydrogen-bond acceptors (Lipinski definition) is 4. The van der Waals surface area contributed by atoms with Crippen molar-refractivity contribution in [3.63, 3.8) is 0 Å². The average Bonchev–Trinajstić information content (AvgIpc) is 2.83. The molecule has 0 spiro atoms. The van der Waals surface area contributed by atoms with Crippen molar-refractivity contribution in [1.82, 2.24) is 20.2 Å². The number of halogens is 1. The van der Waals surface area contributed by atoms with E-state index in [0.717, 1.165) is 50.2 Å². The van der Waals surface area contributed by atoms with Crippen LogP contribution in [0.4, 0.5) is 4.39 Å². The van der Waals surface area contributed by atoms with Gasteiger partial charge in [0.15, 0.2) is 0 Å². The average molecular weight is 439 g/mol. The SMILES string of the molecule is Cc1nc(C2CCN(C(=O)C3CCCCC3)CC2)ncc1C(=O)NCc1ccc(F)cc1. The van der Waals surface area contributed by atoms with Crippen molar-refractivity contribution < 1.29 is 14.0 Å². The third-order valence-corrected chi connectivity index (χ3v) is 6.74. The van der Waals surface area contributed by atoms with E-state index < -0.39 is 0 Å². The van der Waals surface area contributed by atoms with E-state index in [1.807, 2.05) is 11.8 Å². The summed E-state index contributed by atoms with van der Waals surface area (Å²) in [7, 11) is 0. The molecule has 1 saturated carbocycles. The summed E-state index contributed by atoms with van der Waals surface area (Å²) < 4.78 is 13.0. The lowest BCUT2D eigenvalue weighted by Crippen LogP contribution is -2.42. The molecule has 1 aromatic carbocycles. The quantitative estimate of drug-likeness (QED) is 0.761. The first-order chi connectivity index (χ1) is 15.5. The van der Waals surface area contributed by atoms with E-state index in [0.29, 0.717) is 23.7 Å². The molecule has 2 amide bonds. The Morgan fingerprint density at radius 1 is 1.06 bits per heavy atom. The van der Waals surface area contributed by atoms with Gasteiger partial charge in [0.05, 0.1) is 11.3 Å². The maximum absolute atomic E-state index is 13.0. The molecule has 2 aliphatic rings. The summed E-state index contributed by atoms with van der Waals surface area (Å²) in [6.45, 7) is 3.64. The van der Waals surface area contributed by atoms with Gasteiger partial charge < -0.3 is 10.2 Å². The lowest BCUT2D eigenvalue weighted by molar-refractivity contribution is -0.137. The van der Waals surface area contributed by atoms with E-state index in [1.54, 1.807) is 18.3 Å². The Morgan fingerprint density at radius 2 is 1.75 bits per heavy atom. The minimum absolute atomic E-state index is 0.209. The fraction of sp³-hybridized carbons (Fsp3) is 0.520. The van der Waals surface area contributed by atoms with E-state index in [9.17, 15) is 14.0 Å². The molecule has 4 rings (SSSR count). The molecular weight excluding hydrogens is 407 g/mol. The molecule has 0 bridgehead atoms. The molecule has 1 N–H and O–H groups in total. The maximum Gasteiger partial charge on any atom is 0.254 e. The lowest BCUT2D eigenvalue weighted by atomic mass is 9.87. The predicted octanol–water partition coefficient (Wildman–Crippen LogP) is 4.14. The second-order valence-electron chi connectivity index (χ2n) is 8.97. The summed E-state index contributed by atoms with van der Waals surface area (Å²) >= 11 is 0. The fourth-order valence-electron chi connectivity index (χ4n) is 4.75. The number of rotatable bonds is 5. The molecule has 1 aromatic heterocycles. The van der Waals surface area contributed by atoms with Crippen LogP contribution in [0.5, 0.6) is 0 Å². The van der Waals surface area contributed by atoms with E-state index in [-0.39, 0.29) is 23.6 Å². The first-order valence-electron chi connectivity index (χ1n) is 11.7. The second kappa shape index (κ2) is 10.2. The van der Waals surface area contributed by atoms with Gasteiger partial charge >= 0.3 is 0 Å². The van der Waals surface area contributed by atoms with E-state index in [4.69, 9.17) is 0 Å². The number of aromatic nitrogens is 2. The number of hydrogen-bond donors (Lipinski definition) is 1. The Bertz CT molecular complexity index is 949. The van der Waals surface area contributed by atoms with Crippen LogP contribution in [0.2, 0.25) is 0 Å². The molecule has 170 valence electrons.